The zero-order valence-corrected chi connectivity index (χ0v) is 17.1. The summed E-state index contributed by atoms with van der Waals surface area (Å²) in [4.78, 5) is 14.8. The summed E-state index contributed by atoms with van der Waals surface area (Å²) in [6.45, 7) is 1.56. The molecule has 2 aromatic carbocycles. The molecule has 0 unspecified atom stereocenters. The van der Waals surface area contributed by atoms with E-state index in [9.17, 15) is 31.1 Å². The van der Waals surface area contributed by atoms with Crippen LogP contribution in [0.5, 0.6) is 0 Å². The van der Waals surface area contributed by atoms with Gasteiger partial charge < -0.3 is 0 Å². The van der Waals surface area contributed by atoms with Crippen molar-refractivity contribution in [1.82, 2.24) is 4.90 Å². The maximum Gasteiger partial charge on any atom is 0.472 e. The maximum absolute atomic E-state index is 13.5. The molecule has 0 radical (unpaired) electrons. The van der Waals surface area contributed by atoms with Gasteiger partial charge in [0.25, 0.3) is 0 Å². The number of amides is 1. The highest BCUT2D eigenvalue weighted by molar-refractivity contribution is 6.04. The molecular weight excluding hydrogens is 434 g/mol. The highest BCUT2D eigenvalue weighted by atomic mass is 19.4. The Morgan fingerprint density at radius 2 is 1.56 bits per heavy atom. The number of rotatable bonds is 3. The minimum atomic E-state index is -5.34. The first kappa shape index (κ1) is 22.6. The van der Waals surface area contributed by atoms with Gasteiger partial charge in [-0.15, -0.1) is 0 Å². The molecule has 1 heterocycles. The standard InChI is InChI=1S/C23H22F6N2O/c24-22(25,26)19-6-1-2-7-20(19)31(21(32)23(27,28)29)18-9-8-15-10-12-30(17-4-3-5-17)13-11-16(15)14-18/h1-2,6-9,14,17H,3-5,10-13H2. The Balaban J connectivity index is 1.74. The van der Waals surface area contributed by atoms with E-state index in [1.807, 2.05) is 0 Å². The first-order valence-corrected chi connectivity index (χ1v) is 10.5. The van der Waals surface area contributed by atoms with E-state index < -0.39 is 29.5 Å². The van der Waals surface area contributed by atoms with Gasteiger partial charge >= 0.3 is 18.3 Å². The number of benzene rings is 2. The van der Waals surface area contributed by atoms with Gasteiger partial charge in [0.1, 0.15) is 0 Å². The number of halogens is 6. The minimum absolute atomic E-state index is 0.137. The zero-order chi connectivity index (χ0) is 23.1. The lowest BCUT2D eigenvalue weighted by molar-refractivity contribution is -0.169. The lowest BCUT2D eigenvalue weighted by Gasteiger charge is -2.36. The smallest absolute Gasteiger partial charge is 0.300 e. The molecule has 1 saturated carbocycles. The summed E-state index contributed by atoms with van der Waals surface area (Å²) in [6, 6.07) is 8.69. The van der Waals surface area contributed by atoms with Gasteiger partial charge in [0.05, 0.1) is 11.3 Å². The Morgan fingerprint density at radius 1 is 0.906 bits per heavy atom. The van der Waals surface area contributed by atoms with Crippen LogP contribution in [0.4, 0.5) is 37.7 Å². The van der Waals surface area contributed by atoms with Crippen LogP contribution in [-0.4, -0.2) is 36.1 Å². The van der Waals surface area contributed by atoms with E-state index in [-0.39, 0.29) is 10.6 Å². The van der Waals surface area contributed by atoms with Crippen molar-refractivity contribution in [3.8, 4) is 0 Å². The van der Waals surface area contributed by atoms with Crippen LogP contribution < -0.4 is 4.90 Å². The first-order valence-electron chi connectivity index (χ1n) is 10.5. The quantitative estimate of drug-likeness (QED) is 0.538. The van der Waals surface area contributed by atoms with Crippen molar-refractivity contribution in [2.45, 2.75) is 50.5 Å². The summed E-state index contributed by atoms with van der Waals surface area (Å²) >= 11 is 0. The summed E-state index contributed by atoms with van der Waals surface area (Å²) in [7, 11) is 0. The van der Waals surface area contributed by atoms with Gasteiger partial charge in [-0.25, -0.2) is 0 Å². The van der Waals surface area contributed by atoms with Gasteiger partial charge in [-0.1, -0.05) is 24.6 Å². The number of anilines is 2. The normalized spacial score (nSPS) is 17.9. The predicted molar refractivity (Wildman–Crippen MR) is 108 cm³/mol. The van der Waals surface area contributed by atoms with Crippen LogP contribution in [0.25, 0.3) is 0 Å². The van der Waals surface area contributed by atoms with Gasteiger partial charge in [-0.3, -0.25) is 14.6 Å². The molecule has 1 aliphatic heterocycles. The SMILES string of the molecule is O=C(N(c1ccc2c(c1)CCN(C1CCC1)CC2)c1ccccc1C(F)(F)F)C(F)(F)F. The lowest BCUT2D eigenvalue weighted by Crippen LogP contribution is -2.41. The minimum Gasteiger partial charge on any atom is -0.300 e. The fraction of sp³-hybridized carbons (Fsp3) is 0.435. The Hall–Kier alpha value is -2.55. The molecular formula is C23H22F6N2O. The maximum atomic E-state index is 13.5. The van der Waals surface area contributed by atoms with Crippen molar-refractivity contribution in [3.63, 3.8) is 0 Å². The zero-order valence-electron chi connectivity index (χ0n) is 17.1. The lowest BCUT2D eigenvalue weighted by atomic mass is 9.91. The second-order valence-electron chi connectivity index (χ2n) is 8.23. The summed E-state index contributed by atoms with van der Waals surface area (Å²) in [5, 5.41) is 0. The van der Waals surface area contributed by atoms with E-state index in [0.29, 0.717) is 24.9 Å². The summed E-state index contributed by atoms with van der Waals surface area (Å²) in [5.74, 6) is -2.36. The molecule has 1 amide bonds. The van der Waals surface area contributed by atoms with Crippen LogP contribution in [0.1, 0.15) is 36.0 Å². The summed E-state index contributed by atoms with van der Waals surface area (Å²) < 4.78 is 80.9. The van der Waals surface area contributed by atoms with Crippen LogP contribution in [0.3, 0.4) is 0 Å². The number of carbonyl (C=O) groups is 1. The molecule has 0 bridgehead atoms. The Kier molecular flexibility index (Phi) is 5.96. The van der Waals surface area contributed by atoms with Crippen molar-refractivity contribution in [2.75, 3.05) is 18.0 Å². The Morgan fingerprint density at radius 3 is 2.16 bits per heavy atom. The number of fused-ring (bicyclic) bond motifs is 1. The van der Waals surface area contributed by atoms with E-state index in [2.05, 4.69) is 4.90 Å². The second kappa shape index (κ2) is 8.42. The van der Waals surface area contributed by atoms with Gasteiger partial charge in [-0.05, 0) is 61.1 Å². The van der Waals surface area contributed by atoms with Crippen molar-refractivity contribution >= 4 is 17.3 Å². The van der Waals surface area contributed by atoms with Gasteiger partial charge in [0, 0.05) is 24.8 Å². The van der Waals surface area contributed by atoms with Gasteiger partial charge in [0.15, 0.2) is 0 Å². The van der Waals surface area contributed by atoms with Gasteiger partial charge in [-0.2, -0.15) is 26.3 Å². The molecule has 1 aliphatic carbocycles. The third kappa shape index (κ3) is 4.48. The second-order valence-corrected chi connectivity index (χ2v) is 8.23. The van der Waals surface area contributed by atoms with E-state index in [1.54, 1.807) is 6.07 Å². The number of hydrogen-bond acceptors (Lipinski definition) is 2. The third-order valence-electron chi connectivity index (χ3n) is 6.27. The Labute approximate surface area is 181 Å². The van der Waals surface area contributed by atoms with E-state index in [1.165, 1.54) is 24.6 Å². The average Bonchev–Trinajstić information content (AvgIpc) is 2.88. The molecule has 172 valence electrons. The van der Waals surface area contributed by atoms with Crippen LogP contribution in [0.15, 0.2) is 42.5 Å². The van der Waals surface area contributed by atoms with Crippen molar-refractivity contribution in [2.24, 2.45) is 0 Å². The molecule has 0 spiro atoms. The van der Waals surface area contributed by atoms with Crippen LogP contribution in [0.2, 0.25) is 0 Å². The molecule has 4 rings (SSSR count). The number of hydrogen-bond donors (Lipinski definition) is 0. The molecule has 32 heavy (non-hydrogen) atoms. The molecule has 2 aromatic rings. The summed E-state index contributed by atoms with van der Waals surface area (Å²) in [5.41, 5.74) is -0.663. The van der Waals surface area contributed by atoms with Gasteiger partial charge in [0.2, 0.25) is 0 Å². The van der Waals surface area contributed by atoms with Crippen LogP contribution in [-0.2, 0) is 23.8 Å². The number of alkyl halides is 6. The molecule has 0 N–H and O–H groups in total. The van der Waals surface area contributed by atoms with E-state index in [0.717, 1.165) is 49.2 Å². The highest BCUT2D eigenvalue weighted by Gasteiger charge is 2.46. The highest BCUT2D eigenvalue weighted by Crippen LogP contribution is 2.41. The molecule has 0 saturated heterocycles. The van der Waals surface area contributed by atoms with E-state index in [4.69, 9.17) is 0 Å². The van der Waals surface area contributed by atoms with Crippen molar-refractivity contribution in [3.05, 3.63) is 59.2 Å². The fourth-order valence-corrected chi connectivity index (χ4v) is 4.39. The number of carbonyl (C=O) groups excluding carboxylic acids is 1. The monoisotopic (exact) mass is 456 g/mol. The van der Waals surface area contributed by atoms with Crippen molar-refractivity contribution in [1.29, 1.82) is 0 Å². The topological polar surface area (TPSA) is 23.6 Å². The average molecular weight is 456 g/mol. The number of nitrogens with zero attached hydrogens (tertiary/aromatic N) is 2. The molecule has 0 aromatic heterocycles. The molecule has 9 heteroatoms. The molecule has 3 nitrogen and oxygen atoms in total. The van der Waals surface area contributed by atoms with E-state index >= 15 is 0 Å². The fourth-order valence-electron chi connectivity index (χ4n) is 4.39. The largest absolute Gasteiger partial charge is 0.472 e. The first-order chi connectivity index (χ1) is 15.1. The Bertz CT molecular complexity index is 997. The molecule has 0 atom stereocenters. The van der Waals surface area contributed by atoms with Crippen LogP contribution >= 0.6 is 0 Å². The van der Waals surface area contributed by atoms with Crippen molar-refractivity contribution < 1.29 is 31.1 Å². The molecule has 2 aliphatic rings. The number of para-hydroxylation sites is 1. The molecule has 1 fully saturated rings. The third-order valence-corrected chi connectivity index (χ3v) is 6.27. The van der Waals surface area contributed by atoms with Crippen LogP contribution in [0, 0.1) is 0 Å². The predicted octanol–water partition coefficient (Wildman–Crippen LogP) is 5.89. The summed E-state index contributed by atoms with van der Waals surface area (Å²) in [6.07, 6.45) is -5.55.